The maximum absolute atomic E-state index is 12.8. The van der Waals surface area contributed by atoms with Crippen LogP contribution in [0.3, 0.4) is 0 Å². The molecule has 4 nitrogen and oxygen atoms in total. The number of aromatic nitrogens is 2. The van der Waals surface area contributed by atoms with Gasteiger partial charge in [0.05, 0.1) is 11.8 Å². The molecule has 0 amide bonds. The van der Waals surface area contributed by atoms with E-state index in [4.69, 9.17) is 4.74 Å². The molecule has 0 aromatic carbocycles. The van der Waals surface area contributed by atoms with Crippen LogP contribution in [0, 0.1) is 0 Å². The Bertz CT molecular complexity index is 442. The number of ether oxygens (including phenoxy) is 1. The molecular weight excluding hydrogens is 259 g/mol. The normalized spacial score (nSPS) is 24.6. The summed E-state index contributed by atoms with van der Waals surface area (Å²) in [5, 5.41) is 4.02. The van der Waals surface area contributed by atoms with Crippen molar-refractivity contribution in [2.24, 2.45) is 7.05 Å². The second-order valence-electron chi connectivity index (χ2n) is 5.60. The molecule has 1 aliphatic heterocycles. The van der Waals surface area contributed by atoms with Crippen molar-refractivity contribution in [3.8, 4) is 0 Å². The number of alkyl halides is 3. The molecule has 1 saturated heterocycles. The molecule has 0 spiro atoms. The van der Waals surface area contributed by atoms with Crippen molar-refractivity contribution in [1.82, 2.24) is 14.7 Å². The van der Waals surface area contributed by atoms with Crippen molar-refractivity contribution in [2.45, 2.75) is 38.3 Å². The van der Waals surface area contributed by atoms with E-state index in [0.717, 1.165) is 5.56 Å². The second-order valence-corrected chi connectivity index (χ2v) is 5.60. The summed E-state index contributed by atoms with van der Waals surface area (Å²) in [5.74, 6) is 0. The summed E-state index contributed by atoms with van der Waals surface area (Å²) in [7, 11) is 1.78. The molecule has 108 valence electrons. The van der Waals surface area contributed by atoms with Crippen LogP contribution in [0.25, 0.3) is 0 Å². The van der Waals surface area contributed by atoms with Gasteiger partial charge < -0.3 is 4.74 Å². The Morgan fingerprint density at radius 2 is 2.16 bits per heavy atom. The lowest BCUT2D eigenvalue weighted by molar-refractivity contribution is -0.272. The van der Waals surface area contributed by atoms with Crippen molar-refractivity contribution in [1.29, 1.82) is 0 Å². The molecule has 2 heterocycles. The molecule has 1 aromatic heterocycles. The standard InChI is InChI=1S/C12H18F3N3O/c1-11(2)8-18(6-9-4-16-17(3)5-9)7-10(19-11)12(13,14)15/h4-5,10H,6-8H2,1-3H3. The number of morpholine rings is 1. The molecule has 0 N–H and O–H groups in total. The van der Waals surface area contributed by atoms with Gasteiger partial charge in [0, 0.05) is 38.4 Å². The Hall–Kier alpha value is -1.08. The molecule has 7 heteroatoms. The van der Waals surface area contributed by atoms with E-state index < -0.39 is 17.9 Å². The smallest absolute Gasteiger partial charge is 0.360 e. The minimum absolute atomic E-state index is 0.137. The van der Waals surface area contributed by atoms with Crippen LogP contribution >= 0.6 is 0 Å². The predicted molar refractivity (Wildman–Crippen MR) is 63.5 cm³/mol. The molecule has 19 heavy (non-hydrogen) atoms. The molecule has 0 bridgehead atoms. The van der Waals surface area contributed by atoms with Gasteiger partial charge in [0.15, 0.2) is 6.10 Å². The fourth-order valence-corrected chi connectivity index (χ4v) is 2.40. The topological polar surface area (TPSA) is 30.3 Å². The lowest BCUT2D eigenvalue weighted by Crippen LogP contribution is -2.56. The molecule has 2 rings (SSSR count). The average molecular weight is 277 g/mol. The Balaban J connectivity index is 2.08. The first-order chi connectivity index (χ1) is 8.66. The SMILES string of the molecule is Cn1cc(CN2CC(C(F)(F)F)OC(C)(C)C2)cn1. The summed E-state index contributed by atoms with van der Waals surface area (Å²) < 4.78 is 45.3. The maximum Gasteiger partial charge on any atom is 0.415 e. The molecular formula is C12H18F3N3O. The number of hydrogen-bond donors (Lipinski definition) is 0. The van der Waals surface area contributed by atoms with E-state index in [1.807, 2.05) is 6.20 Å². The lowest BCUT2D eigenvalue weighted by atomic mass is 10.0. The largest absolute Gasteiger partial charge is 0.415 e. The summed E-state index contributed by atoms with van der Waals surface area (Å²) in [6.07, 6.45) is -2.58. The van der Waals surface area contributed by atoms with Crippen molar-refractivity contribution in [3.05, 3.63) is 18.0 Å². The molecule has 1 aromatic rings. The van der Waals surface area contributed by atoms with Gasteiger partial charge in [-0.05, 0) is 13.8 Å². The van der Waals surface area contributed by atoms with Crippen LogP contribution in [0.4, 0.5) is 13.2 Å². The van der Waals surface area contributed by atoms with Crippen LogP contribution in [0.5, 0.6) is 0 Å². The van der Waals surface area contributed by atoms with Gasteiger partial charge in [-0.1, -0.05) is 0 Å². The fourth-order valence-electron chi connectivity index (χ4n) is 2.40. The monoisotopic (exact) mass is 277 g/mol. The zero-order chi connectivity index (χ0) is 14.3. The first-order valence-electron chi connectivity index (χ1n) is 6.10. The van der Waals surface area contributed by atoms with Crippen LogP contribution in [0.2, 0.25) is 0 Å². The molecule has 1 unspecified atom stereocenters. The third-order valence-electron chi connectivity index (χ3n) is 3.02. The molecule has 0 aliphatic carbocycles. The third kappa shape index (κ3) is 3.70. The van der Waals surface area contributed by atoms with E-state index >= 15 is 0 Å². The van der Waals surface area contributed by atoms with Crippen LogP contribution in [-0.4, -0.2) is 45.7 Å². The maximum atomic E-state index is 12.8. The van der Waals surface area contributed by atoms with Crippen molar-refractivity contribution in [3.63, 3.8) is 0 Å². The van der Waals surface area contributed by atoms with Gasteiger partial charge in [-0.3, -0.25) is 9.58 Å². The van der Waals surface area contributed by atoms with E-state index in [9.17, 15) is 13.2 Å². The van der Waals surface area contributed by atoms with Crippen LogP contribution < -0.4 is 0 Å². The van der Waals surface area contributed by atoms with Crippen LogP contribution in [-0.2, 0) is 18.3 Å². The third-order valence-corrected chi connectivity index (χ3v) is 3.02. The van der Waals surface area contributed by atoms with E-state index in [1.165, 1.54) is 0 Å². The molecule has 0 radical (unpaired) electrons. The first-order valence-corrected chi connectivity index (χ1v) is 6.10. The van der Waals surface area contributed by atoms with Crippen LogP contribution in [0.15, 0.2) is 12.4 Å². The number of nitrogens with zero attached hydrogens (tertiary/aromatic N) is 3. The molecule has 1 aliphatic rings. The Morgan fingerprint density at radius 1 is 1.47 bits per heavy atom. The zero-order valence-corrected chi connectivity index (χ0v) is 11.2. The minimum Gasteiger partial charge on any atom is -0.360 e. The van der Waals surface area contributed by atoms with Crippen molar-refractivity contribution < 1.29 is 17.9 Å². The number of rotatable bonds is 2. The van der Waals surface area contributed by atoms with Crippen molar-refractivity contribution >= 4 is 0 Å². The van der Waals surface area contributed by atoms with Crippen LogP contribution in [0.1, 0.15) is 19.4 Å². The summed E-state index contributed by atoms with van der Waals surface area (Å²) in [4.78, 5) is 1.76. The summed E-state index contributed by atoms with van der Waals surface area (Å²) in [6, 6.07) is 0. The van der Waals surface area contributed by atoms with E-state index in [2.05, 4.69) is 5.10 Å². The highest BCUT2D eigenvalue weighted by molar-refractivity contribution is 5.04. The van der Waals surface area contributed by atoms with Gasteiger partial charge in [-0.25, -0.2) is 0 Å². The Labute approximate surface area is 110 Å². The van der Waals surface area contributed by atoms with E-state index in [0.29, 0.717) is 13.1 Å². The van der Waals surface area contributed by atoms with Gasteiger partial charge in [0.25, 0.3) is 0 Å². The van der Waals surface area contributed by atoms with E-state index in [1.54, 1.807) is 36.7 Å². The Morgan fingerprint density at radius 3 is 2.68 bits per heavy atom. The summed E-state index contributed by atoms with van der Waals surface area (Å²) in [5.41, 5.74) is 0.0989. The average Bonchev–Trinajstić information content (AvgIpc) is 2.60. The first kappa shape index (κ1) is 14.3. The number of halogens is 3. The van der Waals surface area contributed by atoms with Gasteiger partial charge >= 0.3 is 6.18 Å². The quantitative estimate of drug-likeness (QED) is 0.828. The zero-order valence-electron chi connectivity index (χ0n) is 11.2. The molecule has 1 atom stereocenters. The van der Waals surface area contributed by atoms with Gasteiger partial charge in [0.2, 0.25) is 0 Å². The number of hydrogen-bond acceptors (Lipinski definition) is 3. The minimum atomic E-state index is -4.33. The highest BCUT2D eigenvalue weighted by Crippen LogP contribution is 2.32. The van der Waals surface area contributed by atoms with E-state index in [-0.39, 0.29) is 6.54 Å². The number of aryl methyl sites for hydroxylation is 1. The van der Waals surface area contributed by atoms with Crippen molar-refractivity contribution in [2.75, 3.05) is 13.1 Å². The predicted octanol–water partition coefficient (Wildman–Crippen LogP) is 1.96. The Kier molecular flexibility index (Phi) is 3.61. The highest BCUT2D eigenvalue weighted by Gasteiger charge is 2.47. The van der Waals surface area contributed by atoms with Gasteiger partial charge in [0.1, 0.15) is 0 Å². The summed E-state index contributed by atoms with van der Waals surface area (Å²) >= 11 is 0. The highest BCUT2D eigenvalue weighted by atomic mass is 19.4. The van der Waals surface area contributed by atoms with Gasteiger partial charge in [-0.15, -0.1) is 0 Å². The lowest BCUT2D eigenvalue weighted by Gasteiger charge is -2.43. The second kappa shape index (κ2) is 4.79. The molecule has 0 saturated carbocycles. The fraction of sp³-hybridized carbons (Fsp3) is 0.750. The summed E-state index contributed by atoms with van der Waals surface area (Å²) in [6.45, 7) is 4.14. The molecule has 1 fully saturated rings. The van der Waals surface area contributed by atoms with Gasteiger partial charge in [-0.2, -0.15) is 18.3 Å².